The average Bonchev–Trinajstić information content (AvgIpc) is 3.53. The van der Waals surface area contributed by atoms with E-state index in [4.69, 9.17) is 4.74 Å². The first-order valence-corrected chi connectivity index (χ1v) is 20.8. The average molecular weight is 754 g/mol. The zero-order valence-corrected chi connectivity index (χ0v) is 33.9. The highest BCUT2D eigenvalue weighted by atomic mass is 16.5. The molecule has 6 aliphatic carbocycles. The summed E-state index contributed by atoms with van der Waals surface area (Å²) < 4.78 is 5.92. The fourth-order valence-corrected chi connectivity index (χ4v) is 14.3. The Kier molecular flexibility index (Phi) is 10.0. The Bertz CT molecular complexity index is 1850. The number of aliphatic hydroxyl groups is 1. The van der Waals surface area contributed by atoms with Gasteiger partial charge in [-0.1, -0.05) is 58.9 Å². The normalized spacial score (nSPS) is 40.8. The second-order valence-electron chi connectivity index (χ2n) is 19.9. The zero-order valence-electron chi connectivity index (χ0n) is 33.9. The van der Waals surface area contributed by atoms with E-state index >= 15 is 0 Å². The van der Waals surface area contributed by atoms with E-state index in [2.05, 4.69) is 76.6 Å². The maximum Gasteiger partial charge on any atom is 0.333 e. The Morgan fingerprint density at radius 3 is 2.42 bits per heavy atom. The summed E-state index contributed by atoms with van der Waals surface area (Å²) in [6.45, 7) is 19.4. The van der Waals surface area contributed by atoms with Gasteiger partial charge < -0.3 is 25.4 Å². The lowest BCUT2D eigenvalue weighted by molar-refractivity contribution is -0.221. The highest BCUT2D eigenvalue weighted by Gasteiger charge is 2.70. The molecule has 4 N–H and O–H groups in total. The van der Waals surface area contributed by atoms with E-state index < -0.39 is 23.5 Å². The summed E-state index contributed by atoms with van der Waals surface area (Å²) in [6, 6.07) is 5.39. The third-order valence-electron chi connectivity index (χ3n) is 17.4. The summed E-state index contributed by atoms with van der Waals surface area (Å²) in [5.74, 6) is 0.471. The second-order valence-corrected chi connectivity index (χ2v) is 19.9. The van der Waals surface area contributed by atoms with Crippen LogP contribution in [0.1, 0.15) is 124 Å². The Morgan fingerprint density at radius 1 is 1.00 bits per heavy atom. The number of nitrogens with zero attached hydrogens (tertiary/aromatic N) is 2. The number of allylic oxidation sites excluding steroid dienone is 5. The van der Waals surface area contributed by atoms with Crippen LogP contribution in [0, 0.1) is 68.0 Å². The molecular weight excluding hydrogens is 691 g/mol. The SMILES string of the molecule is C=C(C)[C@@H]1CCC2(NC[C@@H](O)C(=O)O)CC[C@]3(C)C(CC[C@@H]4[C@@]5(C)CC=C(C6=CC[C@](COc7ncccc7C#N)(C(=O)O)CC6)C(C)(C)[C@@H]5CC[C@]43C)[C@@H]12. The molecule has 1 aromatic rings. The van der Waals surface area contributed by atoms with Gasteiger partial charge in [-0.25, -0.2) is 9.78 Å². The molecule has 2 unspecified atom stereocenters. The fourth-order valence-electron chi connectivity index (χ4n) is 14.3. The van der Waals surface area contributed by atoms with Crippen molar-refractivity contribution in [2.24, 2.45) is 56.7 Å². The standard InChI is InChI=1S/C46H63N3O6/c1-28(2)31-14-21-46(49-26-34(50)39(51)52)23-22-43(6)33(37(31)46)10-11-36-42(5)17-15-32(41(3,4)35(42)16-18-44(36,43)7)29-12-19-45(20-13-29,40(53)54)27-55-38-30(25-47)9-8-24-48-38/h8-9,12,15,24,31,33-37,49-50H,1,10-11,13-14,16-23,26-27H2,2-7H3,(H,51,52)(H,53,54)/t31-,33?,34+,35-,36+,37+,42-,43+,44+,45-,46?/m0/s1. The van der Waals surface area contributed by atoms with Gasteiger partial charge in [-0.05, 0) is 159 Å². The van der Waals surface area contributed by atoms with Crippen LogP contribution in [0.3, 0.4) is 0 Å². The van der Waals surface area contributed by atoms with Crippen molar-refractivity contribution in [2.45, 2.75) is 130 Å². The molecule has 4 fully saturated rings. The molecule has 4 saturated carbocycles. The van der Waals surface area contributed by atoms with E-state index in [1.807, 2.05) is 0 Å². The number of rotatable bonds is 10. The minimum absolute atomic E-state index is 0.0313. The number of β-amino-alcohol motifs (C(OH)–C–C–N with tert-alkyl or cyclic N) is 1. The number of aromatic nitrogens is 1. The van der Waals surface area contributed by atoms with Gasteiger partial charge in [-0.2, -0.15) is 5.26 Å². The Morgan fingerprint density at radius 2 is 1.76 bits per heavy atom. The number of aliphatic carboxylic acids is 2. The predicted molar refractivity (Wildman–Crippen MR) is 211 cm³/mol. The Balaban J connectivity index is 1.14. The summed E-state index contributed by atoms with van der Waals surface area (Å²) in [5, 5.41) is 43.4. The van der Waals surface area contributed by atoms with Gasteiger partial charge in [-0.15, -0.1) is 0 Å². The number of fused-ring (bicyclic) bond motifs is 7. The molecule has 9 nitrogen and oxygen atoms in total. The quantitative estimate of drug-likeness (QED) is 0.172. The van der Waals surface area contributed by atoms with Crippen molar-refractivity contribution in [3.8, 4) is 11.9 Å². The van der Waals surface area contributed by atoms with Gasteiger partial charge >= 0.3 is 11.9 Å². The van der Waals surface area contributed by atoms with Crippen molar-refractivity contribution < 1.29 is 29.6 Å². The van der Waals surface area contributed by atoms with Crippen LogP contribution in [0.25, 0.3) is 0 Å². The summed E-state index contributed by atoms with van der Waals surface area (Å²) in [5.41, 5.74) is 3.31. The van der Waals surface area contributed by atoms with Gasteiger partial charge in [0.2, 0.25) is 5.88 Å². The first-order chi connectivity index (χ1) is 25.9. The van der Waals surface area contributed by atoms with Crippen molar-refractivity contribution in [1.29, 1.82) is 5.26 Å². The van der Waals surface area contributed by atoms with Crippen molar-refractivity contribution >= 4 is 11.9 Å². The van der Waals surface area contributed by atoms with E-state index in [-0.39, 0.29) is 46.2 Å². The van der Waals surface area contributed by atoms with Crippen LogP contribution in [0.15, 0.2) is 53.8 Å². The van der Waals surface area contributed by atoms with Crippen LogP contribution in [0.4, 0.5) is 0 Å². The molecule has 55 heavy (non-hydrogen) atoms. The number of carbonyl (C=O) groups is 2. The molecule has 11 atom stereocenters. The molecule has 0 aliphatic heterocycles. The van der Waals surface area contributed by atoms with E-state index in [9.17, 15) is 30.2 Å². The number of ether oxygens (including phenoxy) is 1. The number of pyridine rings is 1. The molecule has 0 amide bonds. The van der Waals surface area contributed by atoms with Gasteiger partial charge in [0.05, 0.1) is 0 Å². The molecule has 6 aliphatic rings. The van der Waals surface area contributed by atoms with Crippen LogP contribution in [-0.4, -0.2) is 57.0 Å². The van der Waals surface area contributed by atoms with Gasteiger partial charge in [0.1, 0.15) is 23.7 Å². The van der Waals surface area contributed by atoms with E-state index in [1.54, 1.807) is 18.3 Å². The number of nitrogens with one attached hydrogen (secondary N) is 1. The van der Waals surface area contributed by atoms with Crippen molar-refractivity contribution in [3.05, 3.63) is 59.3 Å². The minimum Gasteiger partial charge on any atom is -0.481 e. The third-order valence-corrected chi connectivity index (χ3v) is 17.4. The lowest BCUT2D eigenvalue weighted by Gasteiger charge is -2.72. The first kappa shape index (κ1) is 39.7. The molecule has 0 saturated heterocycles. The molecule has 0 aromatic carbocycles. The number of aliphatic hydroxyl groups excluding tert-OH is 1. The number of hydrogen-bond acceptors (Lipinski definition) is 7. The van der Waals surface area contributed by atoms with Crippen LogP contribution >= 0.6 is 0 Å². The van der Waals surface area contributed by atoms with Crippen LogP contribution in [-0.2, 0) is 9.59 Å². The van der Waals surface area contributed by atoms with Crippen molar-refractivity contribution in [2.75, 3.05) is 13.2 Å². The van der Waals surface area contributed by atoms with E-state index in [1.165, 1.54) is 29.6 Å². The van der Waals surface area contributed by atoms with Crippen molar-refractivity contribution in [1.82, 2.24) is 10.3 Å². The van der Waals surface area contributed by atoms with Crippen LogP contribution < -0.4 is 10.1 Å². The number of hydrogen-bond donors (Lipinski definition) is 4. The molecule has 0 radical (unpaired) electrons. The molecule has 0 bridgehead atoms. The molecule has 7 rings (SSSR count). The highest BCUT2D eigenvalue weighted by Crippen LogP contribution is 2.76. The predicted octanol–water partition coefficient (Wildman–Crippen LogP) is 8.49. The van der Waals surface area contributed by atoms with Gasteiger partial charge in [-0.3, -0.25) is 4.79 Å². The minimum atomic E-state index is -1.41. The summed E-state index contributed by atoms with van der Waals surface area (Å²) in [7, 11) is 0. The largest absolute Gasteiger partial charge is 0.481 e. The van der Waals surface area contributed by atoms with Crippen LogP contribution in [0.2, 0.25) is 0 Å². The lowest BCUT2D eigenvalue weighted by atomic mass is 9.33. The molecule has 298 valence electrons. The first-order valence-electron chi connectivity index (χ1n) is 20.8. The lowest BCUT2D eigenvalue weighted by Crippen LogP contribution is -2.68. The third kappa shape index (κ3) is 6.02. The smallest absolute Gasteiger partial charge is 0.333 e. The molecule has 0 spiro atoms. The number of carboxylic acids is 2. The monoisotopic (exact) mass is 753 g/mol. The van der Waals surface area contributed by atoms with E-state index in [0.717, 1.165) is 44.9 Å². The summed E-state index contributed by atoms with van der Waals surface area (Å²) in [4.78, 5) is 28.5. The van der Waals surface area contributed by atoms with Crippen LogP contribution in [0.5, 0.6) is 5.88 Å². The summed E-state index contributed by atoms with van der Waals surface area (Å²) >= 11 is 0. The highest BCUT2D eigenvalue weighted by molar-refractivity contribution is 5.76. The Hall–Kier alpha value is -3.48. The zero-order chi connectivity index (χ0) is 39.8. The molecule has 1 aromatic heterocycles. The van der Waals surface area contributed by atoms with Gasteiger partial charge in [0.25, 0.3) is 0 Å². The van der Waals surface area contributed by atoms with Gasteiger partial charge in [0, 0.05) is 18.3 Å². The molecule has 9 heteroatoms. The fraction of sp³-hybridized carbons (Fsp3) is 0.696. The topological polar surface area (TPSA) is 153 Å². The molecular formula is C46H63N3O6. The van der Waals surface area contributed by atoms with Crippen molar-refractivity contribution in [3.63, 3.8) is 0 Å². The maximum atomic E-state index is 12.7. The molecule has 1 heterocycles. The second kappa shape index (κ2) is 13.9. The maximum absolute atomic E-state index is 12.7. The number of carboxylic acid groups (broad SMARTS) is 2. The number of nitriles is 1. The summed E-state index contributed by atoms with van der Waals surface area (Å²) in [6.07, 6.45) is 16.2. The Labute approximate surface area is 327 Å². The van der Waals surface area contributed by atoms with E-state index in [0.29, 0.717) is 54.4 Å². The van der Waals surface area contributed by atoms with Gasteiger partial charge in [0.15, 0.2) is 6.10 Å².